The number of carbonyl (C=O) groups excluding carboxylic acids is 1. The Bertz CT molecular complexity index is 1080. The molecule has 7 heteroatoms. The first-order valence-electron chi connectivity index (χ1n) is 8.95. The largest absolute Gasteiger partial charge is 0.489 e. The fourth-order valence-corrected chi connectivity index (χ4v) is 3.11. The van der Waals surface area contributed by atoms with Gasteiger partial charge in [0.25, 0.3) is 5.91 Å². The van der Waals surface area contributed by atoms with Crippen molar-refractivity contribution in [2.45, 2.75) is 6.61 Å². The van der Waals surface area contributed by atoms with Crippen molar-refractivity contribution in [2.24, 2.45) is 0 Å². The van der Waals surface area contributed by atoms with E-state index in [0.29, 0.717) is 29.3 Å². The molecule has 0 spiro atoms. The zero-order chi connectivity index (χ0) is 20.9. The zero-order valence-corrected chi connectivity index (χ0v) is 17.0. The van der Waals surface area contributed by atoms with Crippen molar-refractivity contribution in [2.75, 3.05) is 22.9 Å². The number of benzene rings is 3. The molecule has 3 aromatic carbocycles. The van der Waals surface area contributed by atoms with Crippen molar-refractivity contribution in [3.05, 3.63) is 90.0 Å². The van der Waals surface area contributed by atoms with Crippen LogP contribution < -0.4 is 14.4 Å². The van der Waals surface area contributed by atoms with Crippen LogP contribution in [0.5, 0.6) is 5.75 Å². The number of anilines is 2. The molecular formula is C22H22N2O4S. The van der Waals surface area contributed by atoms with E-state index in [9.17, 15) is 13.2 Å². The second kappa shape index (κ2) is 8.79. The fraction of sp³-hybridized carbons (Fsp3) is 0.136. The monoisotopic (exact) mass is 410 g/mol. The number of hydrogen-bond acceptors (Lipinski definition) is 4. The third kappa shape index (κ3) is 5.58. The van der Waals surface area contributed by atoms with Gasteiger partial charge < -0.3 is 10.1 Å². The predicted molar refractivity (Wildman–Crippen MR) is 115 cm³/mol. The van der Waals surface area contributed by atoms with Gasteiger partial charge in [-0.25, -0.2) is 8.42 Å². The highest BCUT2D eigenvalue weighted by Crippen LogP contribution is 2.20. The molecule has 0 fully saturated rings. The van der Waals surface area contributed by atoms with E-state index < -0.39 is 10.0 Å². The minimum absolute atomic E-state index is 0.327. The second-order valence-corrected chi connectivity index (χ2v) is 8.55. The van der Waals surface area contributed by atoms with Crippen LogP contribution >= 0.6 is 0 Å². The van der Waals surface area contributed by atoms with Gasteiger partial charge in [-0.1, -0.05) is 36.4 Å². The average molecular weight is 410 g/mol. The minimum Gasteiger partial charge on any atom is -0.489 e. The summed E-state index contributed by atoms with van der Waals surface area (Å²) in [7, 11) is -1.95. The van der Waals surface area contributed by atoms with Crippen molar-refractivity contribution in [1.29, 1.82) is 0 Å². The molecule has 1 amide bonds. The van der Waals surface area contributed by atoms with Gasteiger partial charge in [0.2, 0.25) is 10.0 Å². The molecule has 0 radical (unpaired) electrons. The highest BCUT2D eigenvalue weighted by molar-refractivity contribution is 7.92. The summed E-state index contributed by atoms with van der Waals surface area (Å²) in [6, 6.07) is 23.4. The Hall–Kier alpha value is -3.32. The molecule has 1 N–H and O–H groups in total. The Kier molecular flexibility index (Phi) is 6.19. The van der Waals surface area contributed by atoms with Gasteiger partial charge in [-0.2, -0.15) is 0 Å². The van der Waals surface area contributed by atoms with Crippen LogP contribution in [-0.2, 0) is 16.6 Å². The molecule has 0 aliphatic rings. The van der Waals surface area contributed by atoms with Crippen LogP contribution in [0.2, 0.25) is 0 Å². The summed E-state index contributed by atoms with van der Waals surface area (Å²) in [5.74, 6) is 0.371. The maximum Gasteiger partial charge on any atom is 0.255 e. The third-order valence-corrected chi connectivity index (χ3v) is 5.54. The number of carbonyl (C=O) groups is 1. The van der Waals surface area contributed by atoms with Gasteiger partial charge in [-0.3, -0.25) is 9.10 Å². The lowest BCUT2D eigenvalue weighted by atomic mass is 10.2. The first-order chi connectivity index (χ1) is 13.8. The smallest absolute Gasteiger partial charge is 0.255 e. The molecule has 0 heterocycles. The van der Waals surface area contributed by atoms with Crippen LogP contribution in [0.4, 0.5) is 11.4 Å². The van der Waals surface area contributed by atoms with E-state index in [0.717, 1.165) is 16.1 Å². The van der Waals surface area contributed by atoms with Gasteiger partial charge in [0.1, 0.15) is 12.4 Å². The molecule has 0 aliphatic heterocycles. The molecule has 0 atom stereocenters. The van der Waals surface area contributed by atoms with Crippen LogP contribution in [0.25, 0.3) is 0 Å². The Morgan fingerprint density at radius 1 is 0.966 bits per heavy atom. The maximum absolute atomic E-state index is 12.5. The topological polar surface area (TPSA) is 75.7 Å². The predicted octanol–water partition coefficient (Wildman–Crippen LogP) is 3.91. The molecule has 0 saturated carbocycles. The van der Waals surface area contributed by atoms with E-state index in [1.54, 1.807) is 42.5 Å². The lowest BCUT2D eigenvalue weighted by Gasteiger charge is -2.17. The summed E-state index contributed by atoms with van der Waals surface area (Å²) in [6.07, 6.45) is 1.11. The zero-order valence-electron chi connectivity index (χ0n) is 16.2. The molecule has 0 unspecified atom stereocenters. The molecule has 0 aliphatic carbocycles. The summed E-state index contributed by atoms with van der Waals surface area (Å²) in [5, 5.41) is 2.80. The number of hydrogen-bond donors (Lipinski definition) is 1. The van der Waals surface area contributed by atoms with Gasteiger partial charge in [0.05, 0.1) is 11.9 Å². The Morgan fingerprint density at radius 3 is 2.31 bits per heavy atom. The van der Waals surface area contributed by atoms with E-state index in [-0.39, 0.29) is 5.91 Å². The lowest BCUT2D eigenvalue weighted by molar-refractivity contribution is 0.102. The Balaban J connectivity index is 1.63. The van der Waals surface area contributed by atoms with Gasteiger partial charge in [0, 0.05) is 18.3 Å². The quantitative estimate of drug-likeness (QED) is 0.641. The summed E-state index contributed by atoms with van der Waals surface area (Å²) in [5.41, 5.74) is 2.47. The van der Waals surface area contributed by atoms with Crippen molar-refractivity contribution in [3.63, 3.8) is 0 Å². The lowest BCUT2D eigenvalue weighted by Crippen LogP contribution is -2.25. The standard InChI is InChI=1S/C22H22N2O4S/c1-24(29(2,26)27)20-10-6-9-18(15-20)22(25)23-19-11-13-21(14-12-19)28-16-17-7-4-3-5-8-17/h3-15H,16H2,1-2H3,(H,23,25). The third-order valence-electron chi connectivity index (χ3n) is 4.33. The van der Waals surface area contributed by atoms with Crippen LogP contribution in [0.1, 0.15) is 15.9 Å². The molecule has 3 rings (SSSR count). The molecule has 0 bridgehead atoms. The molecule has 0 saturated heterocycles. The highest BCUT2D eigenvalue weighted by atomic mass is 32.2. The molecule has 3 aromatic rings. The van der Waals surface area contributed by atoms with Gasteiger partial charge in [-0.05, 0) is 48.0 Å². The molecule has 29 heavy (non-hydrogen) atoms. The number of amides is 1. The van der Waals surface area contributed by atoms with Crippen LogP contribution in [0.15, 0.2) is 78.9 Å². The Morgan fingerprint density at radius 2 is 1.66 bits per heavy atom. The fourth-order valence-electron chi connectivity index (χ4n) is 2.61. The number of sulfonamides is 1. The summed E-state index contributed by atoms with van der Waals surface area (Å²) in [6.45, 7) is 0.465. The normalized spacial score (nSPS) is 11.0. The van der Waals surface area contributed by atoms with Crippen molar-refractivity contribution in [1.82, 2.24) is 0 Å². The van der Waals surface area contributed by atoms with E-state index in [1.165, 1.54) is 13.1 Å². The number of nitrogens with zero attached hydrogens (tertiary/aromatic N) is 1. The molecule has 150 valence electrons. The summed E-state index contributed by atoms with van der Waals surface area (Å²) >= 11 is 0. The SMILES string of the molecule is CN(c1cccc(C(=O)Nc2ccc(OCc3ccccc3)cc2)c1)S(C)(=O)=O. The van der Waals surface area contributed by atoms with E-state index in [4.69, 9.17) is 4.74 Å². The van der Waals surface area contributed by atoms with E-state index in [2.05, 4.69) is 5.32 Å². The van der Waals surface area contributed by atoms with Gasteiger partial charge >= 0.3 is 0 Å². The first-order valence-corrected chi connectivity index (χ1v) is 10.8. The van der Waals surface area contributed by atoms with Crippen LogP contribution in [0.3, 0.4) is 0 Å². The van der Waals surface area contributed by atoms with Crippen LogP contribution in [0, 0.1) is 0 Å². The average Bonchev–Trinajstić information content (AvgIpc) is 2.73. The van der Waals surface area contributed by atoms with Crippen LogP contribution in [-0.4, -0.2) is 27.6 Å². The van der Waals surface area contributed by atoms with E-state index >= 15 is 0 Å². The van der Waals surface area contributed by atoms with E-state index in [1.807, 2.05) is 30.3 Å². The first kappa shape index (κ1) is 20.4. The van der Waals surface area contributed by atoms with Crippen molar-refractivity contribution >= 4 is 27.3 Å². The minimum atomic E-state index is -3.40. The van der Waals surface area contributed by atoms with Crippen molar-refractivity contribution in [3.8, 4) is 5.75 Å². The second-order valence-electron chi connectivity index (χ2n) is 6.53. The van der Waals surface area contributed by atoms with Gasteiger partial charge in [-0.15, -0.1) is 0 Å². The highest BCUT2D eigenvalue weighted by Gasteiger charge is 2.14. The summed E-state index contributed by atoms with van der Waals surface area (Å²) in [4.78, 5) is 12.5. The van der Waals surface area contributed by atoms with Crippen molar-refractivity contribution < 1.29 is 17.9 Å². The molecule has 6 nitrogen and oxygen atoms in total. The summed E-state index contributed by atoms with van der Waals surface area (Å²) < 4.78 is 30.2. The number of ether oxygens (including phenoxy) is 1. The number of rotatable bonds is 7. The molecule has 0 aromatic heterocycles. The maximum atomic E-state index is 12.5. The Labute approximate surface area is 170 Å². The number of nitrogens with one attached hydrogen (secondary N) is 1. The van der Waals surface area contributed by atoms with Gasteiger partial charge in [0.15, 0.2) is 0 Å². The molecular weight excluding hydrogens is 388 g/mol.